The van der Waals surface area contributed by atoms with Crippen LogP contribution >= 0.6 is 11.3 Å². The molecular formula is C27H30N2O3S. The third-order valence-electron chi connectivity index (χ3n) is 6.45. The third kappa shape index (κ3) is 5.01. The molecule has 1 N–H and O–H groups in total. The molecule has 5 nitrogen and oxygen atoms in total. The summed E-state index contributed by atoms with van der Waals surface area (Å²) in [6.45, 7) is 6.14. The highest BCUT2D eigenvalue weighted by Crippen LogP contribution is 2.40. The van der Waals surface area contributed by atoms with E-state index in [0.29, 0.717) is 11.6 Å². The summed E-state index contributed by atoms with van der Waals surface area (Å²) >= 11 is 1.23. The lowest BCUT2D eigenvalue weighted by Gasteiger charge is -2.33. The minimum atomic E-state index is -0.996. The van der Waals surface area contributed by atoms with Crippen molar-refractivity contribution in [2.45, 2.75) is 52.5 Å². The maximum Gasteiger partial charge on any atom is 0.348 e. The fraction of sp³-hybridized carbons (Fsp3) is 0.370. The lowest BCUT2D eigenvalue weighted by molar-refractivity contribution is -0.123. The Kier molecular flexibility index (Phi) is 6.94. The van der Waals surface area contributed by atoms with Gasteiger partial charge in [-0.05, 0) is 74.3 Å². The Bertz CT molecular complexity index is 1110. The topological polar surface area (TPSA) is 70.5 Å². The molecule has 1 aliphatic carbocycles. The summed E-state index contributed by atoms with van der Waals surface area (Å²) in [5.41, 5.74) is 3.52. The Balaban J connectivity index is 1.66. The van der Waals surface area contributed by atoms with Gasteiger partial charge in [0.25, 0.3) is 0 Å². The van der Waals surface area contributed by atoms with Crippen LogP contribution in [0.4, 0.5) is 5.69 Å². The van der Waals surface area contributed by atoms with Gasteiger partial charge in [0.05, 0.1) is 5.69 Å². The molecule has 2 aromatic heterocycles. The molecular weight excluding hydrogens is 432 g/mol. The number of benzene rings is 1. The number of nitrogens with zero attached hydrogens (tertiary/aromatic N) is 2. The maximum absolute atomic E-state index is 13.5. The monoisotopic (exact) mass is 462 g/mol. The molecule has 2 heterocycles. The van der Waals surface area contributed by atoms with E-state index in [0.717, 1.165) is 47.3 Å². The molecule has 0 bridgehead atoms. The average molecular weight is 463 g/mol. The zero-order valence-corrected chi connectivity index (χ0v) is 20.1. The Morgan fingerprint density at radius 1 is 1.03 bits per heavy atom. The predicted molar refractivity (Wildman–Crippen MR) is 134 cm³/mol. The van der Waals surface area contributed by atoms with Crippen molar-refractivity contribution in [1.82, 2.24) is 4.98 Å². The number of anilines is 1. The first-order valence-electron chi connectivity index (χ1n) is 11.6. The quantitative estimate of drug-likeness (QED) is 0.440. The fourth-order valence-electron chi connectivity index (χ4n) is 4.57. The maximum atomic E-state index is 13.5. The van der Waals surface area contributed by atoms with Crippen LogP contribution in [-0.2, 0) is 4.79 Å². The van der Waals surface area contributed by atoms with E-state index in [1.165, 1.54) is 11.3 Å². The van der Waals surface area contributed by atoms with E-state index in [2.05, 4.69) is 11.9 Å². The summed E-state index contributed by atoms with van der Waals surface area (Å²) in [4.78, 5) is 32.6. The first-order chi connectivity index (χ1) is 15.8. The van der Waals surface area contributed by atoms with Crippen LogP contribution in [0.15, 0.2) is 54.9 Å². The minimum Gasteiger partial charge on any atom is -0.477 e. The van der Waals surface area contributed by atoms with Crippen LogP contribution in [0.5, 0.6) is 0 Å². The highest BCUT2D eigenvalue weighted by Gasteiger charge is 2.33. The molecule has 1 aromatic carbocycles. The number of rotatable bonds is 6. The molecule has 1 amide bonds. The highest BCUT2D eigenvalue weighted by atomic mass is 32.1. The number of aromatic carboxylic acids is 1. The number of carboxylic acid groups (broad SMARTS) is 1. The van der Waals surface area contributed by atoms with E-state index in [-0.39, 0.29) is 22.7 Å². The zero-order valence-electron chi connectivity index (χ0n) is 19.3. The lowest BCUT2D eigenvalue weighted by Crippen LogP contribution is -2.42. The number of amides is 1. The number of pyridine rings is 1. The molecule has 172 valence electrons. The fourth-order valence-corrected chi connectivity index (χ4v) is 5.56. The summed E-state index contributed by atoms with van der Waals surface area (Å²) in [5, 5.41) is 9.94. The van der Waals surface area contributed by atoms with Gasteiger partial charge in [0, 0.05) is 29.2 Å². The van der Waals surface area contributed by atoms with Crippen LogP contribution in [0.25, 0.3) is 21.6 Å². The number of carbonyl (C=O) groups excluding carboxylic acids is 1. The molecule has 6 heteroatoms. The summed E-state index contributed by atoms with van der Waals surface area (Å²) in [6, 6.07) is 13.7. The molecule has 4 rings (SSSR count). The van der Waals surface area contributed by atoms with Crippen molar-refractivity contribution in [3.8, 4) is 21.6 Å². The van der Waals surface area contributed by atoms with E-state index in [9.17, 15) is 14.7 Å². The normalized spacial score (nSPS) is 18.3. The van der Waals surface area contributed by atoms with Gasteiger partial charge in [-0.3, -0.25) is 9.78 Å². The highest BCUT2D eigenvalue weighted by molar-refractivity contribution is 7.18. The second kappa shape index (κ2) is 9.87. The van der Waals surface area contributed by atoms with Crippen LogP contribution < -0.4 is 4.90 Å². The van der Waals surface area contributed by atoms with Gasteiger partial charge in [-0.2, -0.15) is 0 Å². The SMILES string of the molecule is CC1CCC(C(=O)N(c2cc(-c3ccc(-c4cccnc4)cc3)sc2C(=O)O)C(C)C)CC1. The average Bonchev–Trinajstić information content (AvgIpc) is 3.25. The van der Waals surface area contributed by atoms with E-state index >= 15 is 0 Å². The van der Waals surface area contributed by atoms with Gasteiger partial charge in [-0.15, -0.1) is 11.3 Å². The van der Waals surface area contributed by atoms with E-state index in [1.807, 2.05) is 62.5 Å². The molecule has 1 saturated carbocycles. The predicted octanol–water partition coefficient (Wildman–Crippen LogP) is 6.74. The zero-order chi connectivity index (χ0) is 23.5. The first-order valence-corrected chi connectivity index (χ1v) is 12.4. The molecule has 0 saturated heterocycles. The van der Waals surface area contributed by atoms with E-state index in [1.54, 1.807) is 11.1 Å². The van der Waals surface area contributed by atoms with Crippen LogP contribution in [0.1, 0.15) is 56.1 Å². The second-order valence-corrected chi connectivity index (χ2v) is 10.3. The minimum absolute atomic E-state index is 0.0349. The van der Waals surface area contributed by atoms with Crippen molar-refractivity contribution < 1.29 is 14.7 Å². The molecule has 1 aliphatic rings. The Morgan fingerprint density at radius 3 is 2.27 bits per heavy atom. The summed E-state index contributed by atoms with van der Waals surface area (Å²) in [6.07, 6.45) is 7.41. The number of carboxylic acids is 1. The van der Waals surface area contributed by atoms with Gasteiger partial charge in [0.1, 0.15) is 4.88 Å². The summed E-state index contributed by atoms with van der Waals surface area (Å²) in [7, 11) is 0. The van der Waals surface area contributed by atoms with Gasteiger partial charge in [-0.1, -0.05) is 37.3 Å². The third-order valence-corrected chi connectivity index (χ3v) is 7.61. The molecule has 0 unspecified atom stereocenters. The lowest BCUT2D eigenvalue weighted by atomic mass is 9.82. The molecule has 1 fully saturated rings. The van der Waals surface area contributed by atoms with Crippen LogP contribution in [-0.4, -0.2) is 28.0 Å². The van der Waals surface area contributed by atoms with Gasteiger partial charge in [0.15, 0.2) is 0 Å². The second-order valence-electron chi connectivity index (χ2n) is 9.21. The van der Waals surface area contributed by atoms with Gasteiger partial charge < -0.3 is 10.0 Å². The summed E-state index contributed by atoms with van der Waals surface area (Å²) < 4.78 is 0. The van der Waals surface area contributed by atoms with Crippen molar-refractivity contribution in [2.24, 2.45) is 11.8 Å². The number of hydrogen-bond acceptors (Lipinski definition) is 4. The van der Waals surface area contributed by atoms with Crippen molar-refractivity contribution in [2.75, 3.05) is 4.90 Å². The number of thiophene rings is 1. The summed E-state index contributed by atoms with van der Waals surface area (Å²) in [5.74, 6) is -0.328. The molecule has 0 radical (unpaired) electrons. The van der Waals surface area contributed by atoms with Gasteiger partial charge in [-0.25, -0.2) is 4.79 Å². The Labute approximate surface area is 199 Å². The van der Waals surface area contributed by atoms with Gasteiger partial charge >= 0.3 is 5.97 Å². The van der Waals surface area contributed by atoms with Crippen LogP contribution in [0.3, 0.4) is 0 Å². The van der Waals surface area contributed by atoms with E-state index < -0.39 is 5.97 Å². The molecule has 33 heavy (non-hydrogen) atoms. The number of carbonyl (C=O) groups is 2. The Hall–Kier alpha value is -2.99. The number of hydrogen-bond donors (Lipinski definition) is 1. The molecule has 0 atom stereocenters. The molecule has 3 aromatic rings. The van der Waals surface area contributed by atoms with Crippen molar-refractivity contribution >= 4 is 28.9 Å². The van der Waals surface area contributed by atoms with Crippen molar-refractivity contribution in [3.63, 3.8) is 0 Å². The molecule has 0 spiro atoms. The van der Waals surface area contributed by atoms with Crippen LogP contribution in [0, 0.1) is 11.8 Å². The number of aromatic nitrogens is 1. The smallest absolute Gasteiger partial charge is 0.348 e. The van der Waals surface area contributed by atoms with Gasteiger partial charge in [0.2, 0.25) is 5.91 Å². The standard InChI is InChI=1S/C27H30N2O3S/c1-17(2)29(26(30)21-8-6-18(3)7-9-21)23-15-24(33-25(23)27(31)32)20-12-10-19(11-13-20)22-5-4-14-28-16-22/h4-5,10-18,21H,6-9H2,1-3H3,(H,31,32). The van der Waals surface area contributed by atoms with Crippen molar-refractivity contribution in [1.29, 1.82) is 0 Å². The largest absolute Gasteiger partial charge is 0.477 e. The Morgan fingerprint density at radius 2 is 1.70 bits per heavy atom. The first kappa shape index (κ1) is 23.2. The molecule has 0 aliphatic heterocycles. The van der Waals surface area contributed by atoms with Crippen LogP contribution in [0.2, 0.25) is 0 Å². The van der Waals surface area contributed by atoms with E-state index in [4.69, 9.17) is 0 Å². The van der Waals surface area contributed by atoms with Crippen molar-refractivity contribution in [3.05, 3.63) is 59.7 Å².